The molecule has 2 aliphatic rings. The van der Waals surface area contributed by atoms with E-state index in [0.717, 1.165) is 19.3 Å². The molecule has 1 aliphatic carbocycles. The molecule has 4 nitrogen and oxygen atoms in total. The number of hydrogen-bond donors (Lipinski definition) is 2. The summed E-state index contributed by atoms with van der Waals surface area (Å²) in [6, 6.07) is 10.3. The van der Waals surface area contributed by atoms with E-state index >= 15 is 0 Å². The Kier molecular flexibility index (Phi) is 5.69. The SMILES string of the molecule is O=C1C[C@@H]2[C@@H](/C=C/C(CCO)CCc3ccccc3)[C@H](O)C[C@@H]2O1. The second-order valence-corrected chi connectivity index (χ2v) is 6.96. The van der Waals surface area contributed by atoms with Crippen LogP contribution in [0, 0.1) is 17.8 Å². The molecule has 0 bridgehead atoms. The number of rotatable bonds is 7. The highest BCUT2D eigenvalue weighted by molar-refractivity contribution is 5.72. The predicted octanol–water partition coefficient (Wildman–Crippen LogP) is 2.49. The van der Waals surface area contributed by atoms with E-state index in [9.17, 15) is 15.0 Å². The summed E-state index contributed by atoms with van der Waals surface area (Å²) in [4.78, 5) is 11.4. The van der Waals surface area contributed by atoms with Gasteiger partial charge in [0.1, 0.15) is 6.10 Å². The average molecular weight is 330 g/mol. The monoisotopic (exact) mass is 330 g/mol. The van der Waals surface area contributed by atoms with E-state index in [-0.39, 0.29) is 36.4 Å². The summed E-state index contributed by atoms with van der Waals surface area (Å²) < 4.78 is 5.27. The standard InChI is InChI=1S/C20H26O4/c21-11-10-15(7-6-14-4-2-1-3-5-14)8-9-16-17-12-20(23)24-19(17)13-18(16)22/h1-5,8-9,15-19,21-22H,6-7,10-13H2/b9-8+/t15?,16-,17-,18-,19+/m1/s1. The average Bonchev–Trinajstić information content (AvgIpc) is 3.06. The molecule has 0 amide bonds. The van der Waals surface area contributed by atoms with Gasteiger partial charge in [0.2, 0.25) is 0 Å². The van der Waals surface area contributed by atoms with E-state index in [1.165, 1.54) is 5.56 Å². The molecule has 1 aliphatic heterocycles. The molecule has 1 heterocycles. The number of carbonyl (C=O) groups is 1. The highest BCUT2D eigenvalue weighted by atomic mass is 16.6. The quantitative estimate of drug-likeness (QED) is 0.595. The highest BCUT2D eigenvalue weighted by Gasteiger charge is 2.48. The summed E-state index contributed by atoms with van der Waals surface area (Å²) in [5.41, 5.74) is 1.30. The molecule has 1 aromatic rings. The molecule has 1 saturated carbocycles. The van der Waals surface area contributed by atoms with Crippen LogP contribution in [0.25, 0.3) is 0 Å². The largest absolute Gasteiger partial charge is 0.462 e. The van der Waals surface area contributed by atoms with Crippen molar-refractivity contribution in [2.75, 3.05) is 6.61 Å². The van der Waals surface area contributed by atoms with E-state index in [1.807, 2.05) is 18.2 Å². The van der Waals surface area contributed by atoms with E-state index in [0.29, 0.717) is 12.8 Å². The summed E-state index contributed by atoms with van der Waals surface area (Å²) in [7, 11) is 0. The smallest absolute Gasteiger partial charge is 0.306 e. The number of aliphatic hydroxyl groups excluding tert-OH is 2. The Labute approximate surface area is 143 Å². The van der Waals surface area contributed by atoms with E-state index < -0.39 is 6.10 Å². The summed E-state index contributed by atoms with van der Waals surface area (Å²) in [6.45, 7) is 0.157. The Balaban J connectivity index is 1.59. The minimum Gasteiger partial charge on any atom is -0.462 e. The first-order valence-electron chi connectivity index (χ1n) is 8.88. The van der Waals surface area contributed by atoms with E-state index in [4.69, 9.17) is 4.74 Å². The second-order valence-electron chi connectivity index (χ2n) is 6.96. The lowest BCUT2D eigenvalue weighted by Crippen LogP contribution is -2.18. The minimum atomic E-state index is -0.437. The van der Waals surface area contributed by atoms with Gasteiger partial charge in [0.25, 0.3) is 0 Å². The first kappa shape index (κ1) is 17.2. The first-order valence-corrected chi connectivity index (χ1v) is 8.88. The first-order chi connectivity index (χ1) is 11.7. The van der Waals surface area contributed by atoms with Crippen molar-refractivity contribution in [2.24, 2.45) is 17.8 Å². The van der Waals surface area contributed by atoms with Gasteiger partial charge in [0, 0.05) is 24.9 Å². The molecule has 2 N–H and O–H groups in total. The number of hydrogen-bond acceptors (Lipinski definition) is 4. The number of ether oxygens (including phenoxy) is 1. The van der Waals surface area contributed by atoms with Crippen molar-refractivity contribution in [1.82, 2.24) is 0 Å². The van der Waals surface area contributed by atoms with Crippen molar-refractivity contribution in [2.45, 2.75) is 44.3 Å². The van der Waals surface area contributed by atoms with Crippen molar-refractivity contribution in [3.63, 3.8) is 0 Å². The molecule has 130 valence electrons. The number of benzene rings is 1. The maximum absolute atomic E-state index is 11.4. The maximum Gasteiger partial charge on any atom is 0.306 e. The highest BCUT2D eigenvalue weighted by Crippen LogP contribution is 2.42. The van der Waals surface area contributed by atoms with Crippen molar-refractivity contribution < 1.29 is 19.7 Å². The normalized spacial score (nSPS) is 30.5. The molecule has 2 fully saturated rings. The third kappa shape index (κ3) is 4.05. The fraction of sp³-hybridized carbons (Fsp3) is 0.550. The zero-order valence-corrected chi connectivity index (χ0v) is 13.9. The Bertz CT molecular complexity index is 568. The zero-order chi connectivity index (χ0) is 16.9. The van der Waals surface area contributed by atoms with Crippen LogP contribution in [0.5, 0.6) is 0 Å². The third-order valence-corrected chi connectivity index (χ3v) is 5.33. The van der Waals surface area contributed by atoms with Gasteiger partial charge in [-0.05, 0) is 30.7 Å². The molecule has 1 unspecified atom stereocenters. The van der Waals surface area contributed by atoms with Crippen molar-refractivity contribution >= 4 is 5.97 Å². The molecule has 0 spiro atoms. The summed E-state index contributed by atoms with van der Waals surface area (Å²) >= 11 is 0. The maximum atomic E-state index is 11.4. The van der Waals surface area contributed by atoms with Gasteiger partial charge >= 0.3 is 5.97 Å². The van der Waals surface area contributed by atoms with Crippen LogP contribution >= 0.6 is 0 Å². The van der Waals surface area contributed by atoms with Crippen LogP contribution in [0.3, 0.4) is 0 Å². The Morgan fingerprint density at radius 2 is 2.04 bits per heavy atom. The molecular weight excluding hydrogens is 304 g/mol. The van der Waals surface area contributed by atoms with Crippen molar-refractivity contribution in [3.8, 4) is 0 Å². The topological polar surface area (TPSA) is 66.8 Å². The van der Waals surface area contributed by atoms with Crippen LogP contribution < -0.4 is 0 Å². The number of fused-ring (bicyclic) bond motifs is 1. The van der Waals surface area contributed by atoms with Crippen LogP contribution in [0.15, 0.2) is 42.5 Å². The molecule has 24 heavy (non-hydrogen) atoms. The lowest BCUT2D eigenvalue weighted by molar-refractivity contribution is -0.141. The van der Waals surface area contributed by atoms with Gasteiger partial charge in [-0.25, -0.2) is 0 Å². The number of allylic oxidation sites excluding steroid dienone is 1. The van der Waals surface area contributed by atoms with Gasteiger partial charge < -0.3 is 14.9 Å². The van der Waals surface area contributed by atoms with Crippen LogP contribution in [-0.2, 0) is 16.0 Å². The third-order valence-electron chi connectivity index (χ3n) is 5.33. The molecule has 1 aromatic carbocycles. The summed E-state index contributed by atoms with van der Waals surface area (Å²) in [5, 5.41) is 19.6. The number of carbonyl (C=O) groups excluding carboxylic acids is 1. The Morgan fingerprint density at radius 3 is 2.79 bits per heavy atom. The zero-order valence-electron chi connectivity index (χ0n) is 13.9. The minimum absolute atomic E-state index is 0.0145. The van der Waals surface area contributed by atoms with E-state index in [2.05, 4.69) is 24.3 Å². The van der Waals surface area contributed by atoms with Gasteiger partial charge in [-0.1, -0.05) is 42.5 Å². The van der Waals surface area contributed by atoms with Gasteiger partial charge in [0.05, 0.1) is 12.5 Å². The van der Waals surface area contributed by atoms with Crippen LogP contribution in [-0.4, -0.2) is 35.0 Å². The van der Waals surface area contributed by atoms with Crippen LogP contribution in [0.1, 0.15) is 31.2 Å². The van der Waals surface area contributed by atoms with Crippen LogP contribution in [0.4, 0.5) is 0 Å². The fourth-order valence-corrected chi connectivity index (χ4v) is 3.97. The molecule has 0 radical (unpaired) electrons. The molecule has 4 heteroatoms. The lowest BCUT2D eigenvalue weighted by atomic mass is 9.89. The summed E-state index contributed by atoms with van der Waals surface area (Å²) in [5.74, 6) is 0.220. The molecule has 5 atom stereocenters. The van der Waals surface area contributed by atoms with Crippen molar-refractivity contribution in [1.29, 1.82) is 0 Å². The molecule has 3 rings (SSSR count). The summed E-state index contributed by atoms with van der Waals surface area (Å²) in [6.07, 6.45) is 7.22. The number of aliphatic hydroxyl groups is 2. The van der Waals surface area contributed by atoms with Gasteiger partial charge in [-0.2, -0.15) is 0 Å². The second kappa shape index (κ2) is 7.95. The molecule has 1 saturated heterocycles. The van der Waals surface area contributed by atoms with Crippen LogP contribution in [0.2, 0.25) is 0 Å². The number of aryl methyl sites for hydroxylation is 1. The lowest BCUT2D eigenvalue weighted by Gasteiger charge is -2.17. The van der Waals surface area contributed by atoms with Crippen molar-refractivity contribution in [3.05, 3.63) is 48.0 Å². The number of esters is 1. The van der Waals surface area contributed by atoms with Gasteiger partial charge in [-0.15, -0.1) is 0 Å². The molecular formula is C20H26O4. The molecule has 0 aromatic heterocycles. The van der Waals surface area contributed by atoms with Gasteiger partial charge in [-0.3, -0.25) is 4.79 Å². The Hall–Kier alpha value is -1.65. The predicted molar refractivity (Wildman–Crippen MR) is 91.2 cm³/mol. The van der Waals surface area contributed by atoms with Gasteiger partial charge in [0.15, 0.2) is 0 Å². The van der Waals surface area contributed by atoms with E-state index in [1.54, 1.807) is 0 Å². The fourth-order valence-electron chi connectivity index (χ4n) is 3.97. The Morgan fingerprint density at radius 1 is 1.25 bits per heavy atom.